The number of hydrogen-bond donors (Lipinski definition) is 3. The largest absolute Gasteiger partial charge is 0.365 e. The monoisotopic (exact) mass is 488 g/mol. The predicted octanol–water partition coefficient (Wildman–Crippen LogP) is 4.70. The SMILES string of the molecule is NC1CCC(Nc2nc(NC3CCN(Cc4ccccc4)CC3)c3ncn(C4CCCC4)c3n2)CC1. The number of benzene rings is 1. The second-order valence-electron chi connectivity index (χ2n) is 11.1. The Bertz CT molecular complexity index is 1120. The Morgan fingerprint density at radius 2 is 1.56 bits per heavy atom. The molecule has 3 aliphatic rings. The number of imidazole rings is 1. The van der Waals surface area contributed by atoms with E-state index < -0.39 is 0 Å². The standard InChI is InChI=1S/C28H40N8/c29-21-10-12-22(13-11-21)32-28-33-26(25-27(34-28)36(19-30-25)24-8-4-5-9-24)31-23-14-16-35(17-15-23)18-20-6-2-1-3-7-20/h1-3,6-7,19,21-24H,4-5,8-18,29H2,(H2,31,32,33,34). The summed E-state index contributed by atoms with van der Waals surface area (Å²) in [6.07, 6.45) is 13.5. The third-order valence-corrected chi connectivity index (χ3v) is 8.42. The van der Waals surface area contributed by atoms with Crippen molar-refractivity contribution in [3.63, 3.8) is 0 Å². The Kier molecular flexibility index (Phi) is 7.05. The van der Waals surface area contributed by atoms with Crippen LogP contribution in [0.25, 0.3) is 11.2 Å². The third-order valence-electron chi connectivity index (χ3n) is 8.42. The van der Waals surface area contributed by atoms with Crippen LogP contribution in [0, 0.1) is 0 Å². The molecule has 36 heavy (non-hydrogen) atoms. The minimum atomic E-state index is 0.334. The van der Waals surface area contributed by atoms with Gasteiger partial charge < -0.3 is 20.9 Å². The smallest absolute Gasteiger partial charge is 0.227 e. The number of nitrogens with two attached hydrogens (primary N) is 1. The fraction of sp³-hybridized carbons (Fsp3) is 0.607. The van der Waals surface area contributed by atoms with Crippen LogP contribution in [0.5, 0.6) is 0 Å². The first-order valence-electron chi connectivity index (χ1n) is 14.0. The maximum atomic E-state index is 6.14. The first-order valence-corrected chi connectivity index (χ1v) is 14.0. The van der Waals surface area contributed by atoms with E-state index in [1.54, 1.807) is 0 Å². The van der Waals surface area contributed by atoms with Gasteiger partial charge >= 0.3 is 0 Å². The molecule has 1 aliphatic heterocycles. The average molecular weight is 489 g/mol. The molecule has 1 aromatic carbocycles. The highest BCUT2D eigenvalue weighted by Crippen LogP contribution is 2.34. The highest BCUT2D eigenvalue weighted by Gasteiger charge is 2.26. The number of fused-ring (bicyclic) bond motifs is 1. The van der Waals surface area contributed by atoms with E-state index in [1.807, 2.05) is 6.33 Å². The molecule has 8 nitrogen and oxygen atoms in total. The van der Waals surface area contributed by atoms with Gasteiger partial charge in [-0.25, -0.2) is 4.98 Å². The Morgan fingerprint density at radius 1 is 0.833 bits per heavy atom. The van der Waals surface area contributed by atoms with E-state index in [9.17, 15) is 0 Å². The van der Waals surface area contributed by atoms with Crippen molar-refractivity contribution in [2.75, 3.05) is 23.7 Å². The Morgan fingerprint density at radius 3 is 2.31 bits per heavy atom. The average Bonchev–Trinajstić information content (AvgIpc) is 3.58. The van der Waals surface area contributed by atoms with Gasteiger partial charge in [0, 0.05) is 43.8 Å². The Hall–Kier alpha value is -2.71. The summed E-state index contributed by atoms with van der Waals surface area (Å²) in [7, 11) is 0. The molecule has 1 saturated heterocycles. The van der Waals surface area contributed by atoms with Crippen molar-refractivity contribution in [1.82, 2.24) is 24.4 Å². The summed E-state index contributed by atoms with van der Waals surface area (Å²) in [6.45, 7) is 3.20. The van der Waals surface area contributed by atoms with Crippen LogP contribution in [0.3, 0.4) is 0 Å². The van der Waals surface area contributed by atoms with Crippen LogP contribution in [-0.4, -0.2) is 55.6 Å². The van der Waals surface area contributed by atoms with E-state index in [1.165, 1.54) is 31.2 Å². The maximum absolute atomic E-state index is 6.14. The normalized spacial score (nSPS) is 24.4. The lowest BCUT2D eigenvalue weighted by atomic mass is 9.92. The molecule has 0 spiro atoms. The summed E-state index contributed by atoms with van der Waals surface area (Å²) < 4.78 is 2.31. The molecule has 0 atom stereocenters. The molecule has 6 rings (SSSR count). The number of hydrogen-bond acceptors (Lipinski definition) is 7. The van der Waals surface area contributed by atoms with Gasteiger partial charge in [0.1, 0.15) is 0 Å². The summed E-state index contributed by atoms with van der Waals surface area (Å²) in [6, 6.07) is 12.4. The van der Waals surface area contributed by atoms with E-state index in [4.69, 9.17) is 20.7 Å². The summed E-state index contributed by atoms with van der Waals surface area (Å²) in [5.41, 5.74) is 9.40. The van der Waals surface area contributed by atoms with Crippen LogP contribution in [0.15, 0.2) is 36.7 Å². The van der Waals surface area contributed by atoms with Crippen LogP contribution in [-0.2, 0) is 6.54 Å². The molecule has 3 fully saturated rings. The first kappa shape index (κ1) is 23.7. The number of piperidine rings is 1. The van der Waals surface area contributed by atoms with E-state index >= 15 is 0 Å². The van der Waals surface area contributed by atoms with Crippen LogP contribution < -0.4 is 16.4 Å². The predicted molar refractivity (Wildman–Crippen MR) is 145 cm³/mol. The number of aromatic nitrogens is 4. The van der Waals surface area contributed by atoms with Gasteiger partial charge in [0.05, 0.1) is 6.33 Å². The van der Waals surface area contributed by atoms with Gasteiger partial charge in [-0.3, -0.25) is 4.90 Å². The molecule has 0 radical (unpaired) electrons. The molecule has 3 heterocycles. The Labute approximate surface area is 214 Å². The van der Waals surface area contributed by atoms with Gasteiger partial charge in [-0.1, -0.05) is 43.2 Å². The number of anilines is 2. The number of likely N-dealkylation sites (tertiary alicyclic amines) is 1. The summed E-state index contributed by atoms with van der Waals surface area (Å²) in [4.78, 5) is 17.4. The van der Waals surface area contributed by atoms with Gasteiger partial charge in [-0.2, -0.15) is 9.97 Å². The third kappa shape index (κ3) is 5.34. The fourth-order valence-corrected chi connectivity index (χ4v) is 6.25. The van der Waals surface area contributed by atoms with Crippen molar-refractivity contribution in [3.05, 3.63) is 42.2 Å². The summed E-state index contributed by atoms with van der Waals surface area (Å²) >= 11 is 0. The van der Waals surface area contributed by atoms with Gasteiger partial charge in [0.15, 0.2) is 17.0 Å². The first-order chi connectivity index (χ1) is 17.7. The number of nitrogens with zero attached hydrogens (tertiary/aromatic N) is 5. The molecule has 0 bridgehead atoms. The van der Waals surface area contributed by atoms with Crippen LogP contribution in [0.4, 0.5) is 11.8 Å². The maximum Gasteiger partial charge on any atom is 0.227 e. The second kappa shape index (κ2) is 10.7. The quantitative estimate of drug-likeness (QED) is 0.443. The van der Waals surface area contributed by atoms with Crippen LogP contribution in [0.1, 0.15) is 75.8 Å². The highest BCUT2D eigenvalue weighted by molar-refractivity contribution is 5.84. The van der Waals surface area contributed by atoms with Gasteiger partial charge in [0.2, 0.25) is 5.95 Å². The van der Waals surface area contributed by atoms with Crippen molar-refractivity contribution < 1.29 is 0 Å². The minimum absolute atomic E-state index is 0.334. The van der Waals surface area contributed by atoms with Gasteiger partial charge in [-0.05, 0) is 56.9 Å². The topological polar surface area (TPSA) is 96.9 Å². The molecule has 192 valence electrons. The molecule has 2 saturated carbocycles. The van der Waals surface area contributed by atoms with E-state index in [-0.39, 0.29) is 0 Å². The highest BCUT2D eigenvalue weighted by atomic mass is 15.2. The van der Waals surface area contributed by atoms with Crippen LogP contribution in [0.2, 0.25) is 0 Å². The van der Waals surface area contributed by atoms with E-state index in [0.717, 1.165) is 81.1 Å². The number of nitrogens with one attached hydrogen (secondary N) is 2. The van der Waals surface area contributed by atoms with Crippen molar-refractivity contribution in [2.45, 2.75) is 94.9 Å². The van der Waals surface area contributed by atoms with Crippen molar-refractivity contribution in [1.29, 1.82) is 0 Å². The molecule has 0 unspecified atom stereocenters. The van der Waals surface area contributed by atoms with Crippen LogP contribution >= 0.6 is 0 Å². The molecule has 2 aliphatic carbocycles. The molecule has 0 amide bonds. The lowest BCUT2D eigenvalue weighted by Gasteiger charge is -2.32. The molecule has 2 aromatic heterocycles. The van der Waals surface area contributed by atoms with Crippen molar-refractivity contribution in [3.8, 4) is 0 Å². The van der Waals surface area contributed by atoms with E-state index in [0.29, 0.717) is 24.2 Å². The van der Waals surface area contributed by atoms with Crippen molar-refractivity contribution >= 4 is 22.9 Å². The lowest BCUT2D eigenvalue weighted by molar-refractivity contribution is 0.211. The summed E-state index contributed by atoms with van der Waals surface area (Å²) in [5, 5.41) is 7.43. The van der Waals surface area contributed by atoms with Crippen molar-refractivity contribution in [2.24, 2.45) is 5.73 Å². The Balaban J connectivity index is 1.19. The molecule has 8 heteroatoms. The second-order valence-corrected chi connectivity index (χ2v) is 11.1. The number of rotatable bonds is 7. The van der Waals surface area contributed by atoms with Gasteiger partial charge in [-0.15, -0.1) is 0 Å². The summed E-state index contributed by atoms with van der Waals surface area (Å²) in [5.74, 6) is 1.61. The fourth-order valence-electron chi connectivity index (χ4n) is 6.25. The molecule has 3 aromatic rings. The molecular formula is C28H40N8. The zero-order chi connectivity index (χ0) is 24.3. The lowest BCUT2D eigenvalue weighted by Crippen LogP contribution is -2.39. The van der Waals surface area contributed by atoms with Gasteiger partial charge in [0.25, 0.3) is 0 Å². The molecule has 4 N–H and O–H groups in total. The zero-order valence-corrected chi connectivity index (χ0v) is 21.3. The zero-order valence-electron chi connectivity index (χ0n) is 21.3. The van der Waals surface area contributed by atoms with E-state index in [2.05, 4.69) is 50.4 Å². The molecular weight excluding hydrogens is 448 g/mol. The minimum Gasteiger partial charge on any atom is -0.365 e.